The first-order valence-corrected chi connectivity index (χ1v) is 18.6. The average molecular weight is 767 g/mol. The van der Waals surface area contributed by atoms with Gasteiger partial charge in [0.05, 0.1) is 22.0 Å². The van der Waals surface area contributed by atoms with Crippen molar-refractivity contribution in [3.05, 3.63) is 45.2 Å². The van der Waals surface area contributed by atoms with E-state index in [9.17, 15) is 18.4 Å². The molecule has 0 radical (unpaired) electrons. The van der Waals surface area contributed by atoms with E-state index in [0.717, 1.165) is 38.8 Å². The van der Waals surface area contributed by atoms with Gasteiger partial charge in [0.2, 0.25) is 47.3 Å². The van der Waals surface area contributed by atoms with Crippen LogP contribution >= 0.6 is 22.7 Å². The molecule has 2 aliphatic heterocycles. The van der Waals surface area contributed by atoms with Crippen LogP contribution in [0.3, 0.4) is 0 Å². The summed E-state index contributed by atoms with van der Waals surface area (Å²) >= 11 is 2.35. The number of carbonyl (C=O) groups excluding carboxylic acids is 2. The molecule has 2 amide bonds. The molecule has 2 aliphatic rings. The molecule has 2 fully saturated rings. The first kappa shape index (κ1) is 39.4. The molecule has 6 heterocycles. The molecule has 0 aromatic carbocycles. The fraction of sp³-hybridized carbons (Fsp3) is 0.625. The van der Waals surface area contributed by atoms with Crippen LogP contribution in [-0.2, 0) is 45.4 Å². The van der Waals surface area contributed by atoms with E-state index in [1.54, 1.807) is 13.8 Å². The number of piperidine rings is 2. The second-order valence-electron chi connectivity index (χ2n) is 12.8. The molecule has 0 saturated carbocycles. The number of halogens is 2. The highest BCUT2D eigenvalue weighted by Gasteiger charge is 2.29. The van der Waals surface area contributed by atoms with E-state index in [4.69, 9.17) is 18.3 Å². The second kappa shape index (κ2) is 18.3. The molecule has 4 atom stereocenters. The number of hydrogen-bond acceptors (Lipinski definition) is 16. The predicted octanol–water partition coefficient (Wildman–Crippen LogP) is 5.00. The number of carbonyl (C=O) groups is 2. The molecule has 0 aliphatic carbocycles. The molecule has 2 saturated heterocycles. The lowest BCUT2D eigenvalue weighted by Gasteiger charge is -2.37. The highest BCUT2D eigenvalue weighted by Crippen LogP contribution is 2.29. The van der Waals surface area contributed by atoms with Crippen molar-refractivity contribution in [1.29, 1.82) is 0 Å². The molecular weight excluding hydrogens is 723 g/mol. The summed E-state index contributed by atoms with van der Waals surface area (Å²) in [6, 6.07) is 0.479. The number of anilines is 2. The number of rotatable bonds is 12. The van der Waals surface area contributed by atoms with Crippen LogP contribution in [0.15, 0.2) is 8.83 Å². The van der Waals surface area contributed by atoms with E-state index in [1.807, 2.05) is 0 Å². The van der Waals surface area contributed by atoms with E-state index in [2.05, 4.69) is 64.6 Å². The van der Waals surface area contributed by atoms with Gasteiger partial charge in [-0.05, 0) is 39.5 Å². The molecule has 0 bridgehead atoms. The maximum atomic E-state index is 14.0. The lowest BCUT2D eigenvalue weighted by atomic mass is 10.0. The van der Waals surface area contributed by atoms with E-state index in [1.165, 1.54) is 36.5 Å². The van der Waals surface area contributed by atoms with Gasteiger partial charge in [-0.3, -0.25) is 19.4 Å². The van der Waals surface area contributed by atoms with Crippen molar-refractivity contribution in [3.63, 3.8) is 0 Å². The second-order valence-corrected chi connectivity index (χ2v) is 15.0. The standard InChI is InChI=1S/2C16H22FN5O3S/c2*1-9-6-12(24-8-14-21-20-11(3)25-14)4-5-22(9)7-13-15(17)19-16(26-13)18-10(2)23/h2*9,12H,4-8H2,1-3H3,(H,18,19,23)/t2*9-,12-/m10/s1. The molecule has 6 rings (SSSR count). The number of nitrogens with one attached hydrogen (secondary N) is 2. The van der Waals surface area contributed by atoms with Crippen LogP contribution in [-0.4, -0.2) is 89.4 Å². The Morgan fingerprint density at radius 3 is 1.48 bits per heavy atom. The van der Waals surface area contributed by atoms with Crippen molar-refractivity contribution in [3.8, 4) is 0 Å². The zero-order valence-electron chi connectivity index (χ0n) is 30.0. The lowest BCUT2D eigenvalue weighted by molar-refractivity contribution is -0.115. The number of aromatic nitrogens is 6. The van der Waals surface area contributed by atoms with Gasteiger partial charge in [-0.1, -0.05) is 22.7 Å². The Kier molecular flexibility index (Phi) is 13.9. The molecule has 16 nitrogen and oxygen atoms in total. The van der Waals surface area contributed by atoms with Crippen molar-refractivity contribution < 1.29 is 36.7 Å². The summed E-state index contributed by atoms with van der Waals surface area (Å²) in [6.07, 6.45) is 3.58. The zero-order valence-corrected chi connectivity index (χ0v) is 31.6. The normalized spacial score (nSPS) is 21.1. The topological polar surface area (TPSA) is 187 Å². The fourth-order valence-electron chi connectivity index (χ4n) is 5.94. The number of amides is 2. The monoisotopic (exact) mass is 766 g/mol. The van der Waals surface area contributed by atoms with Crippen molar-refractivity contribution in [1.82, 2.24) is 40.2 Å². The lowest BCUT2D eigenvalue weighted by Crippen LogP contribution is -2.42. The van der Waals surface area contributed by atoms with Gasteiger partial charge in [0, 0.05) is 66.0 Å². The first-order chi connectivity index (χ1) is 24.8. The third-order valence-corrected chi connectivity index (χ3v) is 10.4. The molecule has 4 aromatic heterocycles. The van der Waals surface area contributed by atoms with Gasteiger partial charge >= 0.3 is 0 Å². The van der Waals surface area contributed by atoms with Crippen molar-refractivity contribution >= 4 is 44.8 Å². The number of likely N-dealkylation sites (tertiary alicyclic amines) is 2. The number of hydrogen-bond donors (Lipinski definition) is 2. The van der Waals surface area contributed by atoms with Gasteiger partial charge in [0.15, 0.2) is 10.3 Å². The van der Waals surface area contributed by atoms with E-state index in [0.29, 0.717) is 69.9 Å². The first-order valence-electron chi connectivity index (χ1n) is 17.0. The maximum Gasteiger partial charge on any atom is 0.242 e. The summed E-state index contributed by atoms with van der Waals surface area (Å²) < 4.78 is 50.4. The smallest absolute Gasteiger partial charge is 0.242 e. The average Bonchev–Trinajstić information content (AvgIpc) is 3.85. The third-order valence-electron chi connectivity index (χ3n) is 8.51. The van der Waals surface area contributed by atoms with E-state index in [-0.39, 0.29) is 36.1 Å². The third kappa shape index (κ3) is 11.6. The van der Waals surface area contributed by atoms with Gasteiger partial charge in [-0.25, -0.2) is 0 Å². The molecular formula is C32H44F2N10O6S2. The Morgan fingerprint density at radius 1 is 0.750 bits per heavy atom. The summed E-state index contributed by atoms with van der Waals surface area (Å²) in [6.45, 7) is 13.6. The van der Waals surface area contributed by atoms with Crippen LogP contribution in [0.5, 0.6) is 0 Å². The van der Waals surface area contributed by atoms with Gasteiger partial charge in [0.1, 0.15) is 13.2 Å². The quantitative estimate of drug-likeness (QED) is 0.196. The van der Waals surface area contributed by atoms with Crippen molar-refractivity contribution in [2.24, 2.45) is 0 Å². The number of thiazole rings is 2. The Bertz CT molecular complexity index is 1660. The van der Waals surface area contributed by atoms with E-state index >= 15 is 0 Å². The summed E-state index contributed by atoms with van der Waals surface area (Å²) in [5.41, 5.74) is 0. The Labute approximate surface area is 307 Å². The minimum atomic E-state index is -0.518. The summed E-state index contributed by atoms with van der Waals surface area (Å²) in [7, 11) is 0. The fourth-order valence-corrected chi connectivity index (χ4v) is 7.76. The van der Waals surface area contributed by atoms with Crippen molar-refractivity contribution in [2.45, 2.75) is 118 Å². The van der Waals surface area contributed by atoms with Crippen molar-refractivity contribution in [2.75, 3.05) is 23.7 Å². The van der Waals surface area contributed by atoms with Crippen LogP contribution in [0.2, 0.25) is 0 Å². The number of aryl methyl sites for hydroxylation is 2. The summed E-state index contributed by atoms with van der Waals surface area (Å²) in [5, 5.41) is 21.1. The van der Waals surface area contributed by atoms with Crippen LogP contribution in [0.1, 0.15) is 86.7 Å². The van der Waals surface area contributed by atoms with Gasteiger partial charge < -0.3 is 28.9 Å². The largest absolute Gasteiger partial charge is 0.423 e. The van der Waals surface area contributed by atoms with Gasteiger partial charge in [-0.15, -0.1) is 20.4 Å². The predicted molar refractivity (Wildman–Crippen MR) is 186 cm³/mol. The Morgan fingerprint density at radius 2 is 1.15 bits per heavy atom. The number of ether oxygens (including phenoxy) is 2. The molecule has 4 aromatic rings. The van der Waals surface area contributed by atoms with Crippen LogP contribution in [0.25, 0.3) is 0 Å². The SMILES string of the molecule is CC(=O)Nc1nc(F)c(CN2CC[C@@H](OCc3nnc(C)o3)C[C@H]2C)s1.CC(=O)Nc1nc(F)c(CN2CC[C@H](OCc3nnc(C)o3)C[C@@H]2C)s1. The van der Waals surface area contributed by atoms with Gasteiger partial charge in [0.25, 0.3) is 0 Å². The molecule has 0 unspecified atom stereocenters. The van der Waals surface area contributed by atoms with Crippen LogP contribution in [0.4, 0.5) is 19.0 Å². The maximum absolute atomic E-state index is 14.0. The minimum Gasteiger partial charge on any atom is -0.423 e. The summed E-state index contributed by atoms with van der Waals surface area (Å²) in [4.78, 5) is 35.1. The Hall–Kier alpha value is -3.82. The van der Waals surface area contributed by atoms with E-state index < -0.39 is 11.9 Å². The number of nitrogens with zero attached hydrogens (tertiary/aromatic N) is 8. The Balaban J connectivity index is 0.000000201. The minimum absolute atomic E-state index is 0.106. The molecule has 20 heteroatoms. The van der Waals surface area contributed by atoms with Crippen LogP contribution in [0, 0.1) is 25.7 Å². The summed E-state index contributed by atoms with van der Waals surface area (Å²) in [5.74, 6) is 0.465. The van der Waals surface area contributed by atoms with Gasteiger partial charge in [-0.2, -0.15) is 18.7 Å². The molecule has 2 N–H and O–H groups in total. The zero-order chi connectivity index (χ0) is 37.4. The highest BCUT2D eigenvalue weighted by atomic mass is 32.1. The molecule has 52 heavy (non-hydrogen) atoms. The highest BCUT2D eigenvalue weighted by molar-refractivity contribution is 7.16. The van der Waals surface area contributed by atoms with Crippen LogP contribution < -0.4 is 10.6 Å². The molecule has 0 spiro atoms. The molecule has 284 valence electrons.